The molecule has 1 N–H and O–H groups in total. The third kappa shape index (κ3) is 3.85. The first kappa shape index (κ1) is 15.6. The molecule has 0 aromatic heterocycles. The molecule has 0 amide bonds. The highest BCUT2D eigenvalue weighted by Gasteiger charge is 2.19. The smallest absolute Gasteiger partial charge is 0.0438 e. The predicted molar refractivity (Wildman–Crippen MR) is 90.2 cm³/mol. The minimum Gasteiger partial charge on any atom is -0.304 e. The number of hydrogen-bond donors (Lipinski definition) is 1. The van der Waals surface area contributed by atoms with Crippen molar-refractivity contribution < 1.29 is 0 Å². The highest BCUT2D eigenvalue weighted by molar-refractivity contribution is 9.10. The quantitative estimate of drug-likeness (QED) is 0.773. The van der Waals surface area contributed by atoms with E-state index in [-0.39, 0.29) is 5.54 Å². The fraction of sp³-hybridized carbons (Fsp3) is 0.294. The van der Waals surface area contributed by atoms with Crippen LogP contribution in [0.25, 0.3) is 0 Å². The van der Waals surface area contributed by atoms with Gasteiger partial charge in [0, 0.05) is 21.6 Å². The zero-order chi connectivity index (χ0) is 14.8. The molecular formula is C17H19BrClN. The Morgan fingerprint density at radius 2 is 1.75 bits per heavy atom. The minimum absolute atomic E-state index is 0.0853. The molecule has 3 heteroatoms. The molecule has 0 bridgehead atoms. The van der Waals surface area contributed by atoms with Crippen LogP contribution in [0.2, 0.25) is 5.02 Å². The predicted octanol–water partition coefficient (Wildman–Crippen LogP) is 5.44. The summed E-state index contributed by atoms with van der Waals surface area (Å²) in [6, 6.07) is 14.6. The van der Waals surface area contributed by atoms with E-state index >= 15 is 0 Å². The molecule has 0 aliphatic carbocycles. The van der Waals surface area contributed by atoms with Gasteiger partial charge < -0.3 is 5.32 Å². The molecule has 2 rings (SSSR count). The van der Waals surface area contributed by atoms with Gasteiger partial charge in [0.05, 0.1) is 0 Å². The normalized spacial score (nSPS) is 11.7. The summed E-state index contributed by atoms with van der Waals surface area (Å²) in [7, 11) is 0. The summed E-state index contributed by atoms with van der Waals surface area (Å²) in [6.07, 6.45) is 0. The van der Waals surface area contributed by atoms with Crippen molar-refractivity contribution in [3.63, 3.8) is 0 Å². The van der Waals surface area contributed by atoms with E-state index in [0.717, 1.165) is 21.6 Å². The Labute approximate surface area is 134 Å². The van der Waals surface area contributed by atoms with Crippen LogP contribution in [-0.4, -0.2) is 0 Å². The van der Waals surface area contributed by atoms with Gasteiger partial charge in [0.25, 0.3) is 0 Å². The van der Waals surface area contributed by atoms with Crippen LogP contribution in [-0.2, 0) is 12.1 Å². The fourth-order valence-electron chi connectivity index (χ4n) is 2.04. The lowest BCUT2D eigenvalue weighted by atomic mass is 9.94. The molecule has 0 aliphatic heterocycles. The summed E-state index contributed by atoms with van der Waals surface area (Å²) < 4.78 is 1.10. The molecule has 0 radical (unpaired) electrons. The third-order valence-corrected chi connectivity index (χ3v) is 4.47. The number of nitrogens with one attached hydrogen (secondary N) is 1. The summed E-state index contributed by atoms with van der Waals surface area (Å²) >= 11 is 9.63. The second-order valence-corrected chi connectivity index (χ2v) is 6.89. The second-order valence-electron chi connectivity index (χ2n) is 5.57. The van der Waals surface area contributed by atoms with Crippen molar-refractivity contribution in [2.75, 3.05) is 0 Å². The summed E-state index contributed by atoms with van der Waals surface area (Å²) in [4.78, 5) is 0. The van der Waals surface area contributed by atoms with Crippen molar-refractivity contribution in [3.8, 4) is 0 Å². The molecule has 106 valence electrons. The van der Waals surface area contributed by atoms with Gasteiger partial charge in [-0.1, -0.05) is 51.8 Å². The van der Waals surface area contributed by atoms with E-state index in [9.17, 15) is 0 Å². The van der Waals surface area contributed by atoms with Gasteiger partial charge in [-0.25, -0.2) is 0 Å². The lowest BCUT2D eigenvalue weighted by Crippen LogP contribution is -2.35. The Balaban J connectivity index is 2.08. The van der Waals surface area contributed by atoms with E-state index in [1.54, 1.807) is 0 Å². The molecular weight excluding hydrogens is 334 g/mol. The van der Waals surface area contributed by atoms with Crippen molar-refractivity contribution in [2.45, 2.75) is 32.9 Å². The molecule has 0 spiro atoms. The molecule has 0 heterocycles. The number of benzene rings is 2. The Kier molecular flexibility index (Phi) is 4.90. The minimum atomic E-state index is -0.0853. The fourth-order valence-corrected chi connectivity index (χ4v) is 2.51. The van der Waals surface area contributed by atoms with Gasteiger partial charge in [-0.2, -0.15) is 0 Å². The molecule has 2 aromatic carbocycles. The number of rotatable bonds is 4. The van der Waals surface area contributed by atoms with Crippen LogP contribution in [0.5, 0.6) is 0 Å². The summed E-state index contributed by atoms with van der Waals surface area (Å²) in [5.41, 5.74) is 3.49. The van der Waals surface area contributed by atoms with E-state index in [2.05, 4.69) is 71.5 Å². The van der Waals surface area contributed by atoms with Gasteiger partial charge in [0.2, 0.25) is 0 Å². The van der Waals surface area contributed by atoms with E-state index in [4.69, 9.17) is 11.6 Å². The van der Waals surface area contributed by atoms with Crippen molar-refractivity contribution >= 4 is 27.5 Å². The van der Waals surface area contributed by atoms with E-state index in [0.29, 0.717) is 0 Å². The number of aryl methyl sites for hydroxylation is 1. The van der Waals surface area contributed by atoms with Crippen LogP contribution >= 0.6 is 27.5 Å². The van der Waals surface area contributed by atoms with E-state index in [1.165, 1.54) is 11.1 Å². The average molecular weight is 353 g/mol. The molecule has 1 nitrogen and oxygen atoms in total. The first-order chi connectivity index (χ1) is 9.38. The maximum absolute atomic E-state index is 6.17. The molecule has 0 aliphatic rings. The SMILES string of the molecule is Cc1ccc(CNC(C)(C)c2ccc(Br)cc2)cc1Cl. The standard InChI is InChI=1S/C17H19BrClN/c1-12-4-5-13(10-16(12)19)11-20-17(2,3)14-6-8-15(18)9-7-14/h4-10,20H,11H2,1-3H3. The van der Waals surface area contributed by atoms with Gasteiger partial charge in [0.1, 0.15) is 0 Å². The molecule has 0 saturated carbocycles. The zero-order valence-corrected chi connectivity index (χ0v) is 14.3. The lowest BCUT2D eigenvalue weighted by molar-refractivity contribution is 0.401. The first-order valence-corrected chi connectivity index (χ1v) is 7.82. The maximum Gasteiger partial charge on any atom is 0.0438 e. The van der Waals surface area contributed by atoms with E-state index in [1.807, 2.05) is 13.0 Å². The Morgan fingerprint density at radius 1 is 1.10 bits per heavy atom. The van der Waals surface area contributed by atoms with Crippen molar-refractivity contribution in [1.82, 2.24) is 5.32 Å². The van der Waals surface area contributed by atoms with Crippen LogP contribution in [0, 0.1) is 6.92 Å². The number of hydrogen-bond acceptors (Lipinski definition) is 1. The highest BCUT2D eigenvalue weighted by atomic mass is 79.9. The maximum atomic E-state index is 6.17. The zero-order valence-electron chi connectivity index (χ0n) is 12.0. The topological polar surface area (TPSA) is 12.0 Å². The molecule has 0 atom stereocenters. The van der Waals surface area contributed by atoms with Crippen LogP contribution in [0.1, 0.15) is 30.5 Å². The highest BCUT2D eigenvalue weighted by Crippen LogP contribution is 2.23. The Hall–Kier alpha value is -0.830. The van der Waals surface area contributed by atoms with Gasteiger partial charge >= 0.3 is 0 Å². The Morgan fingerprint density at radius 3 is 2.35 bits per heavy atom. The van der Waals surface area contributed by atoms with Gasteiger partial charge in [-0.15, -0.1) is 0 Å². The van der Waals surface area contributed by atoms with Gasteiger partial charge in [-0.3, -0.25) is 0 Å². The largest absolute Gasteiger partial charge is 0.304 e. The molecule has 20 heavy (non-hydrogen) atoms. The van der Waals surface area contributed by atoms with Crippen LogP contribution < -0.4 is 5.32 Å². The molecule has 0 saturated heterocycles. The third-order valence-electron chi connectivity index (χ3n) is 3.54. The van der Waals surface area contributed by atoms with Crippen molar-refractivity contribution in [1.29, 1.82) is 0 Å². The van der Waals surface area contributed by atoms with Crippen molar-refractivity contribution in [3.05, 3.63) is 68.7 Å². The summed E-state index contributed by atoms with van der Waals surface area (Å²) in [6.45, 7) is 7.19. The summed E-state index contributed by atoms with van der Waals surface area (Å²) in [5.74, 6) is 0. The van der Waals surface area contributed by atoms with E-state index < -0.39 is 0 Å². The molecule has 2 aromatic rings. The first-order valence-electron chi connectivity index (χ1n) is 6.64. The summed E-state index contributed by atoms with van der Waals surface area (Å²) in [5, 5.41) is 4.41. The van der Waals surface area contributed by atoms with Crippen LogP contribution in [0.4, 0.5) is 0 Å². The average Bonchev–Trinajstić information content (AvgIpc) is 2.41. The van der Waals surface area contributed by atoms with Gasteiger partial charge in [0.15, 0.2) is 0 Å². The second kappa shape index (κ2) is 6.30. The Bertz CT molecular complexity index is 590. The molecule has 0 unspecified atom stereocenters. The lowest BCUT2D eigenvalue weighted by Gasteiger charge is -2.27. The molecule has 0 fully saturated rings. The van der Waals surface area contributed by atoms with Crippen LogP contribution in [0.15, 0.2) is 46.9 Å². The number of halogens is 2. The van der Waals surface area contributed by atoms with Crippen molar-refractivity contribution in [2.24, 2.45) is 0 Å². The monoisotopic (exact) mass is 351 g/mol. The van der Waals surface area contributed by atoms with Crippen LogP contribution in [0.3, 0.4) is 0 Å². The van der Waals surface area contributed by atoms with Gasteiger partial charge in [-0.05, 0) is 55.7 Å².